The molecule has 1 aromatic rings. The molecule has 1 aliphatic rings. The predicted molar refractivity (Wildman–Crippen MR) is 74.9 cm³/mol. The van der Waals surface area contributed by atoms with Crippen LogP contribution >= 0.6 is 9.24 Å². The lowest BCUT2D eigenvalue weighted by molar-refractivity contribution is 0.351. The summed E-state index contributed by atoms with van der Waals surface area (Å²) < 4.78 is 0. The fraction of sp³-hybridized carbons (Fsp3) is 0.600. The van der Waals surface area contributed by atoms with Crippen LogP contribution < -0.4 is 0 Å². The van der Waals surface area contributed by atoms with Gasteiger partial charge in [-0.3, -0.25) is 0 Å². The molecule has 0 amide bonds. The summed E-state index contributed by atoms with van der Waals surface area (Å²) >= 11 is 0. The van der Waals surface area contributed by atoms with Crippen LogP contribution in [0.2, 0.25) is 0 Å². The molecule has 1 aromatic carbocycles. The maximum absolute atomic E-state index is 3.09. The molecule has 2 rings (SSSR count). The van der Waals surface area contributed by atoms with Crippen molar-refractivity contribution in [2.24, 2.45) is 5.92 Å². The zero-order valence-corrected chi connectivity index (χ0v) is 11.7. The van der Waals surface area contributed by atoms with Crippen LogP contribution in [0.1, 0.15) is 54.5 Å². The molecule has 2 unspecified atom stereocenters. The average molecular weight is 234 g/mol. The van der Waals surface area contributed by atoms with E-state index < -0.39 is 0 Å². The van der Waals surface area contributed by atoms with Gasteiger partial charge in [0, 0.05) is 5.66 Å². The summed E-state index contributed by atoms with van der Waals surface area (Å²) in [6, 6.07) is 6.99. The van der Waals surface area contributed by atoms with Crippen molar-refractivity contribution < 1.29 is 0 Å². The molecule has 0 saturated heterocycles. The molecular weight excluding hydrogens is 211 g/mol. The second-order valence-corrected chi connectivity index (χ2v) is 6.06. The van der Waals surface area contributed by atoms with Gasteiger partial charge in [0.1, 0.15) is 0 Å². The molecule has 0 radical (unpaired) electrons. The van der Waals surface area contributed by atoms with Gasteiger partial charge in [-0.05, 0) is 38.2 Å². The van der Waals surface area contributed by atoms with Gasteiger partial charge in [-0.15, -0.1) is 9.24 Å². The SMILES string of the molecule is Cc1cc(C)cc(C(P)C2CCCCC2)c1. The third kappa shape index (κ3) is 2.86. The number of hydrogen-bond donors (Lipinski definition) is 0. The maximum atomic E-state index is 3.09. The van der Waals surface area contributed by atoms with Gasteiger partial charge in [-0.2, -0.15) is 0 Å². The van der Waals surface area contributed by atoms with Gasteiger partial charge in [-0.1, -0.05) is 48.6 Å². The van der Waals surface area contributed by atoms with Gasteiger partial charge in [0.25, 0.3) is 0 Å². The maximum Gasteiger partial charge on any atom is 0.00138 e. The quantitative estimate of drug-likeness (QED) is 0.645. The van der Waals surface area contributed by atoms with E-state index in [2.05, 4.69) is 41.3 Å². The Hall–Kier alpha value is -0.350. The van der Waals surface area contributed by atoms with Crippen LogP contribution in [0, 0.1) is 19.8 Å². The summed E-state index contributed by atoms with van der Waals surface area (Å²) in [5.41, 5.74) is 4.99. The Morgan fingerprint density at radius 3 is 2.12 bits per heavy atom. The van der Waals surface area contributed by atoms with Crippen molar-refractivity contribution in [3.8, 4) is 0 Å². The number of aryl methyl sites for hydroxylation is 2. The van der Waals surface area contributed by atoms with E-state index in [-0.39, 0.29) is 0 Å². The molecular formula is C15H23P. The van der Waals surface area contributed by atoms with Gasteiger partial charge < -0.3 is 0 Å². The van der Waals surface area contributed by atoms with Gasteiger partial charge in [0.15, 0.2) is 0 Å². The van der Waals surface area contributed by atoms with Gasteiger partial charge in [0.05, 0.1) is 0 Å². The van der Waals surface area contributed by atoms with Crippen LogP contribution in [0.15, 0.2) is 18.2 Å². The summed E-state index contributed by atoms with van der Waals surface area (Å²) in [6.07, 6.45) is 7.14. The molecule has 0 spiro atoms. The van der Waals surface area contributed by atoms with Crippen molar-refractivity contribution in [3.63, 3.8) is 0 Å². The summed E-state index contributed by atoms with van der Waals surface area (Å²) in [5.74, 6) is 0.889. The number of benzene rings is 1. The highest BCUT2D eigenvalue weighted by Crippen LogP contribution is 2.40. The third-order valence-electron chi connectivity index (χ3n) is 3.79. The van der Waals surface area contributed by atoms with Crippen LogP contribution in [0.4, 0.5) is 0 Å². The van der Waals surface area contributed by atoms with Crippen molar-refractivity contribution in [1.29, 1.82) is 0 Å². The topological polar surface area (TPSA) is 0 Å². The van der Waals surface area contributed by atoms with Crippen LogP contribution in [0.25, 0.3) is 0 Å². The summed E-state index contributed by atoms with van der Waals surface area (Å²) in [7, 11) is 3.09. The Kier molecular flexibility index (Phi) is 4.03. The van der Waals surface area contributed by atoms with Crippen molar-refractivity contribution in [2.45, 2.75) is 51.6 Å². The standard InChI is InChI=1S/C15H23P/c1-11-8-12(2)10-14(9-11)15(16)13-6-4-3-5-7-13/h8-10,13,15H,3-7,16H2,1-2H3. The molecule has 0 nitrogen and oxygen atoms in total. The van der Waals surface area contributed by atoms with E-state index >= 15 is 0 Å². The van der Waals surface area contributed by atoms with Crippen molar-refractivity contribution >= 4 is 9.24 Å². The molecule has 16 heavy (non-hydrogen) atoms. The van der Waals surface area contributed by atoms with Crippen molar-refractivity contribution in [2.75, 3.05) is 0 Å². The molecule has 0 aromatic heterocycles. The minimum atomic E-state index is 0.666. The minimum Gasteiger partial charge on any atom is -0.129 e. The molecule has 1 saturated carbocycles. The average Bonchev–Trinajstić information content (AvgIpc) is 2.28. The number of hydrogen-bond acceptors (Lipinski definition) is 0. The normalized spacial score (nSPS) is 19.7. The molecule has 0 heterocycles. The molecule has 1 heteroatoms. The molecule has 1 fully saturated rings. The van der Waals surface area contributed by atoms with Crippen LogP contribution in [-0.2, 0) is 0 Å². The first-order valence-corrected chi connectivity index (χ1v) is 7.17. The van der Waals surface area contributed by atoms with Crippen molar-refractivity contribution in [3.05, 3.63) is 34.9 Å². The van der Waals surface area contributed by atoms with Crippen LogP contribution in [-0.4, -0.2) is 0 Å². The van der Waals surface area contributed by atoms with E-state index in [1.807, 2.05) is 0 Å². The minimum absolute atomic E-state index is 0.666. The van der Waals surface area contributed by atoms with Crippen LogP contribution in [0.3, 0.4) is 0 Å². The lowest BCUT2D eigenvalue weighted by Gasteiger charge is -2.28. The van der Waals surface area contributed by atoms with E-state index in [9.17, 15) is 0 Å². The largest absolute Gasteiger partial charge is 0.129 e. The summed E-state index contributed by atoms with van der Waals surface area (Å²) in [4.78, 5) is 0. The highest BCUT2D eigenvalue weighted by Gasteiger charge is 2.21. The van der Waals surface area contributed by atoms with E-state index in [0.29, 0.717) is 5.66 Å². The second kappa shape index (κ2) is 5.32. The fourth-order valence-electron chi connectivity index (χ4n) is 2.97. The lowest BCUT2D eigenvalue weighted by Crippen LogP contribution is -2.12. The first-order chi connectivity index (χ1) is 7.66. The zero-order valence-electron chi connectivity index (χ0n) is 10.5. The van der Waals surface area contributed by atoms with E-state index in [4.69, 9.17) is 0 Å². The molecule has 88 valence electrons. The Balaban J connectivity index is 2.15. The van der Waals surface area contributed by atoms with Gasteiger partial charge >= 0.3 is 0 Å². The molecule has 0 N–H and O–H groups in total. The molecule has 0 bridgehead atoms. The predicted octanol–water partition coefficient (Wildman–Crippen LogP) is 4.80. The number of rotatable bonds is 2. The second-order valence-electron chi connectivity index (χ2n) is 5.34. The van der Waals surface area contributed by atoms with E-state index in [1.54, 1.807) is 0 Å². The molecule has 0 aliphatic heterocycles. The molecule has 1 aliphatic carbocycles. The highest BCUT2D eigenvalue weighted by atomic mass is 31.0. The van der Waals surface area contributed by atoms with Crippen molar-refractivity contribution in [1.82, 2.24) is 0 Å². The van der Waals surface area contributed by atoms with Gasteiger partial charge in [-0.25, -0.2) is 0 Å². The molecule has 2 atom stereocenters. The Morgan fingerprint density at radius 1 is 1.00 bits per heavy atom. The monoisotopic (exact) mass is 234 g/mol. The van der Waals surface area contributed by atoms with E-state index in [0.717, 1.165) is 5.92 Å². The van der Waals surface area contributed by atoms with Crippen LogP contribution in [0.5, 0.6) is 0 Å². The highest BCUT2D eigenvalue weighted by molar-refractivity contribution is 7.17. The Bertz CT molecular complexity index is 330. The van der Waals surface area contributed by atoms with E-state index in [1.165, 1.54) is 48.8 Å². The first kappa shape index (κ1) is 12.1. The fourth-order valence-corrected chi connectivity index (χ4v) is 3.55. The summed E-state index contributed by atoms with van der Waals surface area (Å²) in [5, 5.41) is 0. The smallest absolute Gasteiger partial charge is 0.00138 e. The Labute approximate surface area is 102 Å². The third-order valence-corrected chi connectivity index (χ3v) is 4.72. The summed E-state index contributed by atoms with van der Waals surface area (Å²) in [6.45, 7) is 4.41. The zero-order chi connectivity index (χ0) is 11.5. The van der Waals surface area contributed by atoms with Gasteiger partial charge in [0.2, 0.25) is 0 Å². The first-order valence-electron chi connectivity index (χ1n) is 6.50. The Morgan fingerprint density at radius 2 is 1.56 bits per heavy atom. The lowest BCUT2D eigenvalue weighted by atomic mass is 9.84.